The van der Waals surface area contributed by atoms with Gasteiger partial charge in [0.15, 0.2) is 0 Å². The number of ether oxygens (including phenoxy) is 2. The SMILES string of the molecule is C=C(C)C(=O)OCCOC(=O)CCSCC(CC(C)NC(C)=O)N1CCCC1=O. The first kappa shape index (κ1) is 25.0. The molecule has 1 saturated heterocycles. The van der Waals surface area contributed by atoms with Crippen molar-refractivity contribution in [2.75, 3.05) is 31.3 Å². The van der Waals surface area contributed by atoms with E-state index in [1.165, 1.54) is 6.92 Å². The van der Waals surface area contributed by atoms with Gasteiger partial charge in [-0.25, -0.2) is 4.79 Å². The van der Waals surface area contributed by atoms with Crippen LogP contribution in [0.2, 0.25) is 0 Å². The molecule has 0 aromatic heterocycles. The van der Waals surface area contributed by atoms with Gasteiger partial charge in [0, 0.05) is 49.1 Å². The zero-order valence-corrected chi connectivity index (χ0v) is 18.3. The summed E-state index contributed by atoms with van der Waals surface area (Å²) in [6.07, 6.45) is 2.34. The fourth-order valence-corrected chi connectivity index (χ4v) is 4.08. The zero-order chi connectivity index (χ0) is 21.8. The molecule has 0 aliphatic carbocycles. The Kier molecular flexibility index (Phi) is 11.4. The molecule has 0 aromatic rings. The lowest BCUT2D eigenvalue weighted by molar-refractivity contribution is -0.149. The fraction of sp³-hybridized carbons (Fsp3) is 0.700. The average Bonchev–Trinajstić information content (AvgIpc) is 3.06. The molecule has 29 heavy (non-hydrogen) atoms. The van der Waals surface area contributed by atoms with Crippen LogP contribution in [-0.4, -0.2) is 72.0 Å². The summed E-state index contributed by atoms with van der Waals surface area (Å²) in [6.45, 7) is 9.18. The molecule has 1 aliphatic rings. The number of thioether (sulfide) groups is 1. The predicted molar refractivity (Wildman–Crippen MR) is 111 cm³/mol. The molecular formula is C20H32N2O6S. The van der Waals surface area contributed by atoms with E-state index in [-0.39, 0.29) is 49.5 Å². The van der Waals surface area contributed by atoms with Gasteiger partial charge in [0.05, 0.1) is 6.42 Å². The largest absolute Gasteiger partial charge is 0.462 e. The van der Waals surface area contributed by atoms with Crippen LogP contribution in [0, 0.1) is 0 Å². The van der Waals surface area contributed by atoms with E-state index in [9.17, 15) is 19.2 Å². The zero-order valence-electron chi connectivity index (χ0n) is 17.5. The van der Waals surface area contributed by atoms with Crippen LogP contribution in [0.5, 0.6) is 0 Å². The van der Waals surface area contributed by atoms with Gasteiger partial charge < -0.3 is 19.7 Å². The Hall–Kier alpha value is -2.03. The van der Waals surface area contributed by atoms with Gasteiger partial charge in [-0.05, 0) is 26.7 Å². The standard InChI is InChI=1S/C20H32N2O6S/c1-14(2)20(26)28-10-9-27-19(25)7-11-29-13-17(12-15(3)21-16(4)23)22-8-5-6-18(22)24/h15,17H,1,5-13H2,2-4H3,(H,21,23). The number of hydrogen-bond acceptors (Lipinski definition) is 7. The number of nitrogens with zero attached hydrogens (tertiary/aromatic N) is 1. The minimum Gasteiger partial charge on any atom is -0.462 e. The van der Waals surface area contributed by atoms with Crippen LogP contribution < -0.4 is 5.32 Å². The highest BCUT2D eigenvalue weighted by atomic mass is 32.2. The average molecular weight is 429 g/mol. The van der Waals surface area contributed by atoms with Crippen LogP contribution in [0.1, 0.15) is 46.5 Å². The highest BCUT2D eigenvalue weighted by Gasteiger charge is 2.29. The van der Waals surface area contributed by atoms with Crippen LogP contribution in [0.25, 0.3) is 0 Å². The lowest BCUT2D eigenvalue weighted by atomic mass is 10.1. The maximum atomic E-state index is 12.1. The Labute approximate surface area is 176 Å². The molecule has 9 heteroatoms. The van der Waals surface area contributed by atoms with Gasteiger partial charge in [0.1, 0.15) is 13.2 Å². The first-order valence-electron chi connectivity index (χ1n) is 9.83. The maximum absolute atomic E-state index is 12.1. The van der Waals surface area contributed by atoms with E-state index in [1.807, 2.05) is 11.8 Å². The summed E-state index contributed by atoms with van der Waals surface area (Å²) >= 11 is 1.58. The van der Waals surface area contributed by atoms with Crippen molar-refractivity contribution in [3.63, 3.8) is 0 Å². The second-order valence-electron chi connectivity index (χ2n) is 7.14. The van der Waals surface area contributed by atoms with Gasteiger partial charge in [-0.1, -0.05) is 6.58 Å². The van der Waals surface area contributed by atoms with Gasteiger partial charge >= 0.3 is 11.9 Å². The molecular weight excluding hydrogens is 396 g/mol. The van der Waals surface area contributed by atoms with Crippen molar-refractivity contribution in [3.05, 3.63) is 12.2 Å². The summed E-state index contributed by atoms with van der Waals surface area (Å²) in [5.41, 5.74) is 0.298. The molecule has 164 valence electrons. The summed E-state index contributed by atoms with van der Waals surface area (Å²) in [5, 5.41) is 2.86. The molecule has 1 heterocycles. The first-order valence-corrected chi connectivity index (χ1v) is 11.0. The highest BCUT2D eigenvalue weighted by molar-refractivity contribution is 7.99. The third kappa shape index (κ3) is 10.3. The summed E-state index contributed by atoms with van der Waals surface area (Å²) in [4.78, 5) is 48.2. The lowest BCUT2D eigenvalue weighted by Gasteiger charge is -2.30. The fourth-order valence-electron chi connectivity index (χ4n) is 3.01. The van der Waals surface area contributed by atoms with Crippen LogP contribution in [0.15, 0.2) is 12.2 Å². The topological polar surface area (TPSA) is 102 Å². The molecule has 2 unspecified atom stereocenters. The van der Waals surface area contributed by atoms with Crippen molar-refractivity contribution in [1.29, 1.82) is 0 Å². The number of esters is 2. The number of hydrogen-bond donors (Lipinski definition) is 1. The van der Waals surface area contributed by atoms with Gasteiger partial charge in [-0.15, -0.1) is 0 Å². The number of carbonyl (C=O) groups is 4. The molecule has 8 nitrogen and oxygen atoms in total. The van der Waals surface area contributed by atoms with E-state index in [1.54, 1.807) is 18.7 Å². The number of carbonyl (C=O) groups excluding carboxylic acids is 4. The molecule has 1 aliphatic heterocycles. The molecule has 1 rings (SSSR count). The summed E-state index contributed by atoms with van der Waals surface area (Å²) in [5.74, 6) is 0.455. The highest BCUT2D eigenvalue weighted by Crippen LogP contribution is 2.21. The van der Waals surface area contributed by atoms with Crippen LogP contribution >= 0.6 is 11.8 Å². The van der Waals surface area contributed by atoms with Crippen LogP contribution in [0.4, 0.5) is 0 Å². The molecule has 1 fully saturated rings. The van der Waals surface area contributed by atoms with E-state index in [0.29, 0.717) is 29.9 Å². The maximum Gasteiger partial charge on any atom is 0.333 e. The van der Waals surface area contributed by atoms with E-state index in [2.05, 4.69) is 11.9 Å². The molecule has 0 spiro atoms. The Morgan fingerprint density at radius 2 is 1.93 bits per heavy atom. The van der Waals surface area contributed by atoms with Gasteiger partial charge in [-0.3, -0.25) is 14.4 Å². The van der Waals surface area contributed by atoms with E-state index >= 15 is 0 Å². The van der Waals surface area contributed by atoms with E-state index < -0.39 is 5.97 Å². The normalized spacial score (nSPS) is 15.6. The Bertz CT molecular complexity index is 610. The minimum atomic E-state index is -0.507. The monoisotopic (exact) mass is 428 g/mol. The van der Waals surface area contributed by atoms with Crippen molar-refractivity contribution in [3.8, 4) is 0 Å². The molecule has 0 saturated carbocycles. The van der Waals surface area contributed by atoms with Crippen molar-refractivity contribution in [2.45, 2.75) is 58.5 Å². The lowest BCUT2D eigenvalue weighted by Crippen LogP contribution is -2.43. The minimum absolute atomic E-state index is 0.00472. The van der Waals surface area contributed by atoms with Crippen molar-refractivity contribution >= 4 is 35.5 Å². The summed E-state index contributed by atoms with van der Waals surface area (Å²) in [6, 6.07) is -0.00666. The summed E-state index contributed by atoms with van der Waals surface area (Å²) < 4.78 is 9.89. The predicted octanol–water partition coefficient (Wildman–Crippen LogP) is 1.68. The van der Waals surface area contributed by atoms with Gasteiger partial charge in [0.25, 0.3) is 0 Å². The van der Waals surface area contributed by atoms with Gasteiger partial charge in [-0.2, -0.15) is 11.8 Å². The third-order valence-corrected chi connectivity index (χ3v) is 5.43. The Morgan fingerprint density at radius 1 is 1.24 bits per heavy atom. The second kappa shape index (κ2) is 13.2. The number of rotatable bonds is 13. The smallest absolute Gasteiger partial charge is 0.333 e. The molecule has 0 radical (unpaired) electrons. The quantitative estimate of drug-likeness (QED) is 0.270. The van der Waals surface area contributed by atoms with Crippen LogP contribution in [-0.2, 0) is 28.7 Å². The van der Waals surface area contributed by atoms with Crippen molar-refractivity contribution < 1.29 is 28.7 Å². The third-order valence-electron chi connectivity index (χ3n) is 4.31. The van der Waals surface area contributed by atoms with Crippen molar-refractivity contribution in [2.24, 2.45) is 0 Å². The number of likely N-dealkylation sites (tertiary alicyclic amines) is 1. The second-order valence-corrected chi connectivity index (χ2v) is 8.29. The first-order chi connectivity index (χ1) is 13.7. The van der Waals surface area contributed by atoms with Crippen molar-refractivity contribution in [1.82, 2.24) is 10.2 Å². The molecule has 2 amide bonds. The molecule has 0 bridgehead atoms. The van der Waals surface area contributed by atoms with E-state index in [0.717, 1.165) is 13.0 Å². The Morgan fingerprint density at radius 3 is 2.52 bits per heavy atom. The molecule has 2 atom stereocenters. The summed E-state index contributed by atoms with van der Waals surface area (Å²) in [7, 11) is 0. The van der Waals surface area contributed by atoms with E-state index in [4.69, 9.17) is 9.47 Å². The Balaban J connectivity index is 2.31. The molecule has 1 N–H and O–H groups in total. The van der Waals surface area contributed by atoms with Crippen LogP contribution in [0.3, 0.4) is 0 Å². The number of nitrogens with one attached hydrogen (secondary N) is 1. The number of amides is 2. The molecule has 0 aromatic carbocycles. The van der Waals surface area contributed by atoms with Gasteiger partial charge in [0.2, 0.25) is 11.8 Å².